The van der Waals surface area contributed by atoms with Gasteiger partial charge >= 0.3 is 0 Å². The average molecular weight is 392 g/mol. The third-order valence-corrected chi connectivity index (χ3v) is 4.97. The van der Waals surface area contributed by atoms with Crippen LogP contribution in [0.2, 0.25) is 0 Å². The minimum absolute atomic E-state index is 0.188. The van der Waals surface area contributed by atoms with Gasteiger partial charge in [0.25, 0.3) is 0 Å². The number of rotatable bonds is 8. The minimum Gasteiger partial charge on any atom is -0.376 e. The number of ether oxygens (including phenoxy) is 1. The van der Waals surface area contributed by atoms with Crippen molar-refractivity contribution in [3.8, 4) is 11.3 Å². The Kier molecular flexibility index (Phi) is 6.32. The van der Waals surface area contributed by atoms with Crippen LogP contribution < -0.4 is 10.6 Å². The highest BCUT2D eigenvalue weighted by Gasteiger charge is 2.16. The molecular weight excluding hydrogens is 367 g/mol. The third-order valence-electron chi connectivity index (χ3n) is 4.97. The largest absolute Gasteiger partial charge is 0.376 e. The fourth-order valence-electron chi connectivity index (χ4n) is 3.41. The first-order valence-corrected chi connectivity index (χ1v) is 10.1. The van der Waals surface area contributed by atoms with Gasteiger partial charge in [0.15, 0.2) is 0 Å². The minimum atomic E-state index is -0.188. The maximum Gasteiger partial charge on any atom is 0.225 e. The zero-order valence-corrected chi connectivity index (χ0v) is 16.3. The molecule has 0 saturated carbocycles. The molecule has 3 aromatic rings. The van der Waals surface area contributed by atoms with E-state index in [1.54, 1.807) is 12.1 Å². The number of aromatic nitrogens is 2. The molecule has 1 aliphatic heterocycles. The maximum absolute atomic E-state index is 13.8. The molecule has 29 heavy (non-hydrogen) atoms. The second-order valence-electron chi connectivity index (χ2n) is 7.11. The molecule has 5 nitrogen and oxygen atoms in total. The zero-order chi connectivity index (χ0) is 19.9. The Hall–Kier alpha value is -2.99. The van der Waals surface area contributed by atoms with Crippen molar-refractivity contribution in [3.05, 3.63) is 72.0 Å². The summed E-state index contributed by atoms with van der Waals surface area (Å²) in [5.74, 6) is 1.09. The number of benzene rings is 2. The Morgan fingerprint density at radius 3 is 2.62 bits per heavy atom. The molecule has 6 heteroatoms. The lowest BCUT2D eigenvalue weighted by molar-refractivity contribution is 0.120. The van der Waals surface area contributed by atoms with Crippen LogP contribution in [0.15, 0.2) is 60.7 Å². The van der Waals surface area contributed by atoms with E-state index in [0.717, 1.165) is 43.1 Å². The second-order valence-corrected chi connectivity index (χ2v) is 7.11. The third kappa shape index (κ3) is 5.29. The SMILES string of the molecule is Fc1ccccc1CCNc1nc(NCC2CCCO2)cc(-c2ccccc2)n1. The molecular formula is C23H25FN4O. The van der Waals surface area contributed by atoms with Crippen LogP contribution in [0.4, 0.5) is 16.2 Å². The lowest BCUT2D eigenvalue weighted by Gasteiger charge is -2.14. The van der Waals surface area contributed by atoms with Crippen molar-refractivity contribution in [2.45, 2.75) is 25.4 Å². The van der Waals surface area contributed by atoms with E-state index >= 15 is 0 Å². The number of halogens is 1. The van der Waals surface area contributed by atoms with E-state index < -0.39 is 0 Å². The fourth-order valence-corrected chi connectivity index (χ4v) is 3.41. The number of anilines is 2. The Bertz CT molecular complexity index is 929. The van der Waals surface area contributed by atoms with Crippen molar-refractivity contribution in [1.29, 1.82) is 0 Å². The number of hydrogen-bond acceptors (Lipinski definition) is 5. The Morgan fingerprint density at radius 1 is 1.00 bits per heavy atom. The van der Waals surface area contributed by atoms with Crippen molar-refractivity contribution in [2.75, 3.05) is 30.3 Å². The molecule has 4 rings (SSSR count). The van der Waals surface area contributed by atoms with E-state index in [0.29, 0.717) is 24.5 Å². The molecule has 1 aromatic heterocycles. The van der Waals surface area contributed by atoms with Crippen LogP contribution in [0.25, 0.3) is 11.3 Å². The van der Waals surface area contributed by atoms with Gasteiger partial charge < -0.3 is 15.4 Å². The highest BCUT2D eigenvalue weighted by molar-refractivity contribution is 5.64. The Balaban J connectivity index is 1.48. The summed E-state index contributed by atoms with van der Waals surface area (Å²) in [6, 6.07) is 18.8. The van der Waals surface area contributed by atoms with Crippen molar-refractivity contribution >= 4 is 11.8 Å². The molecule has 0 bridgehead atoms. The van der Waals surface area contributed by atoms with Gasteiger partial charge in [-0.05, 0) is 30.9 Å². The summed E-state index contributed by atoms with van der Waals surface area (Å²) in [7, 11) is 0. The van der Waals surface area contributed by atoms with Crippen molar-refractivity contribution < 1.29 is 9.13 Å². The van der Waals surface area contributed by atoms with Gasteiger partial charge in [-0.1, -0.05) is 48.5 Å². The quantitative estimate of drug-likeness (QED) is 0.590. The molecule has 1 saturated heterocycles. The van der Waals surface area contributed by atoms with Gasteiger partial charge in [0, 0.05) is 31.3 Å². The molecule has 2 heterocycles. The van der Waals surface area contributed by atoms with Crippen LogP contribution in [0.3, 0.4) is 0 Å². The van der Waals surface area contributed by atoms with E-state index in [1.165, 1.54) is 6.07 Å². The highest BCUT2D eigenvalue weighted by Crippen LogP contribution is 2.22. The van der Waals surface area contributed by atoms with Crippen molar-refractivity contribution in [1.82, 2.24) is 9.97 Å². The van der Waals surface area contributed by atoms with Crippen LogP contribution in [0.1, 0.15) is 18.4 Å². The monoisotopic (exact) mass is 392 g/mol. The van der Waals surface area contributed by atoms with Gasteiger partial charge in [-0.3, -0.25) is 0 Å². The molecule has 150 valence electrons. The van der Waals surface area contributed by atoms with Gasteiger partial charge in [-0.2, -0.15) is 4.98 Å². The average Bonchev–Trinajstić information content (AvgIpc) is 3.28. The van der Waals surface area contributed by atoms with Crippen LogP contribution in [0, 0.1) is 5.82 Å². The molecule has 2 aromatic carbocycles. The van der Waals surface area contributed by atoms with Crippen LogP contribution in [-0.2, 0) is 11.2 Å². The maximum atomic E-state index is 13.8. The molecule has 1 unspecified atom stereocenters. The molecule has 1 aliphatic rings. The second kappa shape index (κ2) is 9.47. The number of nitrogens with zero attached hydrogens (tertiary/aromatic N) is 2. The van der Waals surface area contributed by atoms with E-state index in [4.69, 9.17) is 4.74 Å². The Morgan fingerprint density at radius 2 is 1.83 bits per heavy atom. The number of nitrogens with one attached hydrogen (secondary N) is 2. The topological polar surface area (TPSA) is 59.1 Å². The predicted molar refractivity (Wildman–Crippen MR) is 114 cm³/mol. The molecule has 1 fully saturated rings. The molecule has 0 spiro atoms. The van der Waals surface area contributed by atoms with Crippen molar-refractivity contribution in [3.63, 3.8) is 0 Å². The lowest BCUT2D eigenvalue weighted by Crippen LogP contribution is -2.19. The van der Waals surface area contributed by atoms with Crippen LogP contribution in [0.5, 0.6) is 0 Å². The van der Waals surface area contributed by atoms with Crippen LogP contribution in [-0.4, -0.2) is 35.8 Å². The normalized spacial score (nSPS) is 16.0. The fraction of sp³-hybridized carbons (Fsp3) is 0.304. The van der Waals surface area contributed by atoms with Gasteiger partial charge in [0.2, 0.25) is 5.95 Å². The first-order chi connectivity index (χ1) is 14.3. The highest BCUT2D eigenvalue weighted by atomic mass is 19.1. The van der Waals surface area contributed by atoms with Crippen molar-refractivity contribution in [2.24, 2.45) is 0 Å². The van der Waals surface area contributed by atoms with Gasteiger partial charge in [0.05, 0.1) is 11.8 Å². The summed E-state index contributed by atoms with van der Waals surface area (Å²) in [5.41, 5.74) is 2.53. The van der Waals surface area contributed by atoms with E-state index in [-0.39, 0.29) is 11.9 Å². The predicted octanol–water partition coefficient (Wildman–Crippen LogP) is 4.53. The molecule has 0 aliphatic carbocycles. The number of hydrogen-bond donors (Lipinski definition) is 2. The molecule has 0 amide bonds. The van der Waals surface area contributed by atoms with E-state index in [9.17, 15) is 4.39 Å². The summed E-state index contributed by atoms with van der Waals surface area (Å²) >= 11 is 0. The molecule has 2 N–H and O–H groups in total. The molecule has 0 radical (unpaired) electrons. The van der Waals surface area contributed by atoms with Gasteiger partial charge in [-0.25, -0.2) is 9.37 Å². The summed E-state index contributed by atoms with van der Waals surface area (Å²) in [6.45, 7) is 2.10. The van der Waals surface area contributed by atoms with Gasteiger partial charge in [-0.15, -0.1) is 0 Å². The lowest BCUT2D eigenvalue weighted by atomic mass is 10.1. The van der Waals surface area contributed by atoms with E-state index in [1.807, 2.05) is 42.5 Å². The zero-order valence-electron chi connectivity index (χ0n) is 16.3. The van der Waals surface area contributed by atoms with Crippen LogP contribution >= 0.6 is 0 Å². The summed E-state index contributed by atoms with van der Waals surface area (Å²) < 4.78 is 19.5. The molecule has 1 atom stereocenters. The Labute approximate surface area is 170 Å². The van der Waals surface area contributed by atoms with E-state index in [2.05, 4.69) is 20.6 Å². The first kappa shape index (κ1) is 19.3. The smallest absolute Gasteiger partial charge is 0.225 e. The standard InChI is InChI=1S/C23H25FN4O/c24-20-11-5-4-7-17(20)12-13-25-23-27-21(18-8-2-1-3-9-18)15-22(28-23)26-16-19-10-6-14-29-19/h1-5,7-9,11,15,19H,6,10,12-14,16H2,(H2,25,26,27,28). The van der Waals surface area contributed by atoms with Gasteiger partial charge in [0.1, 0.15) is 11.6 Å². The summed E-state index contributed by atoms with van der Waals surface area (Å²) in [5, 5.41) is 6.62. The summed E-state index contributed by atoms with van der Waals surface area (Å²) in [4.78, 5) is 9.24. The summed E-state index contributed by atoms with van der Waals surface area (Å²) in [6.07, 6.45) is 2.96. The first-order valence-electron chi connectivity index (χ1n) is 10.1.